The van der Waals surface area contributed by atoms with Crippen LogP contribution in [-0.2, 0) is 0 Å². The first-order chi connectivity index (χ1) is 2.64. The van der Waals surface area contributed by atoms with Crippen LogP contribution in [0.5, 0.6) is 0 Å². The number of halogens is 2. The zero-order valence-corrected chi connectivity index (χ0v) is 2.91. The van der Waals surface area contributed by atoms with Crippen LogP contribution < -0.4 is 11.5 Å². The van der Waals surface area contributed by atoms with E-state index in [4.69, 9.17) is 0 Å². The first kappa shape index (κ1) is 5.20. The van der Waals surface area contributed by atoms with E-state index >= 15 is 0 Å². The fraction of sp³-hybridized carbons (Fsp3) is 0. The third-order valence-electron chi connectivity index (χ3n) is 0.228. The molecular weight excluding hydrogens is 90.0 g/mol. The first-order valence-corrected chi connectivity index (χ1v) is 1.21. The molecule has 0 atom stereocenters. The molecule has 0 aliphatic carbocycles. The lowest BCUT2D eigenvalue weighted by Crippen LogP contribution is -1.99. The summed E-state index contributed by atoms with van der Waals surface area (Å²) < 4.78 is 22.0. The average molecular weight is 94.1 g/mol. The molecule has 2 nitrogen and oxygen atoms in total. The number of nitrogens with two attached hydrogens (primary N) is 2. The van der Waals surface area contributed by atoms with Crippen molar-refractivity contribution >= 4 is 0 Å². The zero-order valence-electron chi connectivity index (χ0n) is 2.91. The summed E-state index contributed by atoms with van der Waals surface area (Å²) in [5, 5.41) is 0. The van der Waals surface area contributed by atoms with Crippen molar-refractivity contribution in [3.63, 3.8) is 0 Å². The molecule has 0 aromatic carbocycles. The lowest BCUT2D eigenvalue weighted by molar-refractivity contribution is 0.523. The molecule has 0 radical (unpaired) electrons. The molecule has 0 saturated heterocycles. The molecule has 0 amide bonds. The Bertz CT molecular complexity index is 59.6. The molecule has 0 bridgehead atoms. The van der Waals surface area contributed by atoms with E-state index in [0.29, 0.717) is 0 Å². The normalized spacial score (nSPS) is 13.7. The maximum atomic E-state index is 11.0. The van der Waals surface area contributed by atoms with Gasteiger partial charge in [0.25, 0.3) is 0 Å². The van der Waals surface area contributed by atoms with Crippen molar-refractivity contribution < 1.29 is 8.78 Å². The Morgan fingerprint density at radius 2 is 1.17 bits per heavy atom. The number of rotatable bonds is 0. The molecule has 0 spiro atoms. The minimum Gasteiger partial charge on any atom is -0.372 e. The maximum absolute atomic E-state index is 11.0. The smallest absolute Gasteiger partial charge is 0.237 e. The predicted octanol–water partition coefficient (Wildman–Crippen LogP) is -0.0306. The van der Waals surface area contributed by atoms with Gasteiger partial charge in [-0.15, -0.1) is 0 Å². The van der Waals surface area contributed by atoms with Crippen molar-refractivity contribution in [3.8, 4) is 0 Å². The van der Waals surface area contributed by atoms with Crippen LogP contribution in [0.1, 0.15) is 0 Å². The van der Waals surface area contributed by atoms with E-state index in [9.17, 15) is 8.78 Å². The summed E-state index contributed by atoms with van der Waals surface area (Å²) in [6.07, 6.45) is 0. The molecule has 0 aromatic heterocycles. The van der Waals surface area contributed by atoms with E-state index in [0.717, 1.165) is 0 Å². The van der Waals surface area contributed by atoms with Gasteiger partial charge in [0, 0.05) is 0 Å². The van der Waals surface area contributed by atoms with Crippen LogP contribution in [0.4, 0.5) is 8.78 Å². The minimum atomic E-state index is -1.46. The summed E-state index contributed by atoms with van der Waals surface area (Å²) in [6, 6.07) is 0. The van der Waals surface area contributed by atoms with Crippen LogP contribution in [0.2, 0.25) is 0 Å². The largest absolute Gasteiger partial charge is 0.372 e. The number of hydrogen-bond donors (Lipinski definition) is 2. The Morgan fingerprint density at radius 3 is 1.17 bits per heavy atom. The Hall–Kier alpha value is -0.800. The van der Waals surface area contributed by atoms with Crippen LogP contribution in [0.25, 0.3) is 0 Å². The zero-order chi connectivity index (χ0) is 5.15. The summed E-state index contributed by atoms with van der Waals surface area (Å²) in [6.45, 7) is 0. The summed E-state index contributed by atoms with van der Waals surface area (Å²) in [5.74, 6) is -2.93. The van der Waals surface area contributed by atoms with Gasteiger partial charge in [-0.2, -0.15) is 8.78 Å². The van der Waals surface area contributed by atoms with Gasteiger partial charge in [0.15, 0.2) is 0 Å². The predicted molar refractivity (Wildman–Crippen MR) is 17.6 cm³/mol. The molecule has 0 aliphatic heterocycles. The first-order valence-electron chi connectivity index (χ1n) is 1.21. The third-order valence-corrected chi connectivity index (χ3v) is 0.228. The van der Waals surface area contributed by atoms with E-state index in [1.54, 1.807) is 0 Å². The molecule has 0 rings (SSSR count). The van der Waals surface area contributed by atoms with Gasteiger partial charge in [-0.05, 0) is 0 Å². The standard InChI is InChI=1S/C2H4F2N2/c3-1(5)2(4)6/h5-6H2. The number of hydrogen-bond acceptors (Lipinski definition) is 2. The minimum absolute atomic E-state index is 1.46. The molecule has 0 aromatic rings. The molecule has 0 fully saturated rings. The van der Waals surface area contributed by atoms with E-state index in [1.807, 2.05) is 0 Å². The lowest BCUT2D eigenvalue weighted by Gasteiger charge is -1.79. The molecule has 4 heteroatoms. The fourth-order valence-electron chi connectivity index (χ4n) is 0. The molecular formula is C2H4F2N2. The molecule has 0 heterocycles. The van der Waals surface area contributed by atoms with Crippen molar-refractivity contribution in [2.24, 2.45) is 11.5 Å². The molecule has 36 valence electrons. The van der Waals surface area contributed by atoms with Crippen molar-refractivity contribution in [1.29, 1.82) is 0 Å². The van der Waals surface area contributed by atoms with Crippen LogP contribution in [0, 0.1) is 0 Å². The second-order valence-electron chi connectivity index (χ2n) is 0.696. The van der Waals surface area contributed by atoms with E-state index in [1.165, 1.54) is 0 Å². The Morgan fingerprint density at radius 1 is 1.00 bits per heavy atom. The summed E-state index contributed by atoms with van der Waals surface area (Å²) in [4.78, 5) is 0. The Balaban J connectivity index is 3.68. The highest BCUT2D eigenvalue weighted by Crippen LogP contribution is 1.89. The van der Waals surface area contributed by atoms with Crippen LogP contribution in [-0.4, -0.2) is 0 Å². The second-order valence-corrected chi connectivity index (χ2v) is 0.696. The summed E-state index contributed by atoms with van der Waals surface area (Å²) >= 11 is 0. The SMILES string of the molecule is NC(F)=C(N)F. The Labute approximate surface area is 33.4 Å². The van der Waals surface area contributed by atoms with Crippen molar-refractivity contribution in [2.75, 3.05) is 0 Å². The monoisotopic (exact) mass is 94.0 g/mol. The molecule has 4 N–H and O–H groups in total. The van der Waals surface area contributed by atoms with Gasteiger partial charge >= 0.3 is 0 Å². The van der Waals surface area contributed by atoms with Gasteiger partial charge < -0.3 is 11.5 Å². The van der Waals surface area contributed by atoms with Gasteiger partial charge in [0.2, 0.25) is 11.9 Å². The topological polar surface area (TPSA) is 52.0 Å². The molecule has 0 aliphatic rings. The highest BCUT2D eigenvalue weighted by atomic mass is 19.2. The highest BCUT2D eigenvalue weighted by molar-refractivity contribution is 4.87. The van der Waals surface area contributed by atoms with Crippen LogP contribution >= 0.6 is 0 Å². The van der Waals surface area contributed by atoms with Crippen LogP contribution in [0.3, 0.4) is 0 Å². The summed E-state index contributed by atoms with van der Waals surface area (Å²) in [5.41, 5.74) is 8.30. The van der Waals surface area contributed by atoms with Gasteiger partial charge in [-0.25, -0.2) is 0 Å². The van der Waals surface area contributed by atoms with E-state index in [-0.39, 0.29) is 0 Å². The van der Waals surface area contributed by atoms with E-state index < -0.39 is 11.9 Å². The van der Waals surface area contributed by atoms with Crippen molar-refractivity contribution in [1.82, 2.24) is 0 Å². The quantitative estimate of drug-likeness (QED) is 0.414. The second kappa shape index (κ2) is 1.59. The van der Waals surface area contributed by atoms with Gasteiger partial charge in [-0.3, -0.25) is 0 Å². The molecule has 0 saturated carbocycles. The third kappa shape index (κ3) is 1.51. The Kier molecular flexibility index (Phi) is 1.38. The average Bonchev–Trinajstić information content (AvgIpc) is 1.36. The van der Waals surface area contributed by atoms with Gasteiger partial charge in [0.05, 0.1) is 0 Å². The highest BCUT2D eigenvalue weighted by Gasteiger charge is 1.88. The maximum Gasteiger partial charge on any atom is 0.237 e. The van der Waals surface area contributed by atoms with Crippen LogP contribution in [0.15, 0.2) is 11.9 Å². The van der Waals surface area contributed by atoms with Crippen molar-refractivity contribution in [3.05, 3.63) is 11.9 Å². The van der Waals surface area contributed by atoms with Gasteiger partial charge in [0.1, 0.15) is 0 Å². The van der Waals surface area contributed by atoms with E-state index in [2.05, 4.69) is 11.5 Å². The molecule has 6 heavy (non-hydrogen) atoms. The van der Waals surface area contributed by atoms with Crippen molar-refractivity contribution in [2.45, 2.75) is 0 Å². The fourth-order valence-corrected chi connectivity index (χ4v) is 0. The summed E-state index contributed by atoms with van der Waals surface area (Å²) in [7, 11) is 0. The van der Waals surface area contributed by atoms with Gasteiger partial charge in [-0.1, -0.05) is 0 Å². The lowest BCUT2D eigenvalue weighted by atomic mass is 10.9. The molecule has 0 unspecified atom stereocenters.